The number of ether oxygens (including phenoxy) is 1. The minimum absolute atomic E-state index is 0.931. The molecule has 0 spiro atoms. The Bertz CT molecular complexity index is 100. The topological polar surface area (TPSA) is 12.5 Å². The lowest BCUT2D eigenvalue weighted by Crippen LogP contribution is -2.21. The molecule has 0 aromatic carbocycles. The van der Waals surface area contributed by atoms with Crippen molar-refractivity contribution in [3.63, 3.8) is 0 Å². The van der Waals surface area contributed by atoms with Gasteiger partial charge in [-0.1, -0.05) is 6.92 Å². The smallest absolute Gasteiger partial charge is 0.0478 e. The molecule has 2 nitrogen and oxygen atoms in total. The molecule has 1 fully saturated rings. The van der Waals surface area contributed by atoms with Gasteiger partial charge in [-0.15, -0.1) is 0 Å². The quantitative estimate of drug-likeness (QED) is 0.566. The molecule has 1 rings (SSSR count). The molecule has 0 atom stereocenters. The highest BCUT2D eigenvalue weighted by molar-refractivity contribution is 4.65. The van der Waals surface area contributed by atoms with Gasteiger partial charge in [-0.05, 0) is 38.8 Å². The van der Waals surface area contributed by atoms with Crippen LogP contribution in [0.25, 0.3) is 0 Å². The van der Waals surface area contributed by atoms with Crippen LogP contribution in [-0.4, -0.2) is 37.7 Å². The van der Waals surface area contributed by atoms with E-state index >= 15 is 0 Å². The van der Waals surface area contributed by atoms with Crippen LogP contribution in [-0.2, 0) is 4.74 Å². The lowest BCUT2D eigenvalue weighted by Gasteiger charge is -2.13. The second-order valence-corrected chi connectivity index (χ2v) is 3.51. The Balaban J connectivity index is 1.81. The molecule has 12 heavy (non-hydrogen) atoms. The largest absolute Gasteiger partial charge is 0.381 e. The van der Waals surface area contributed by atoms with Crippen molar-refractivity contribution >= 4 is 0 Å². The average molecular weight is 171 g/mol. The molecule has 0 aliphatic carbocycles. The lowest BCUT2D eigenvalue weighted by molar-refractivity contribution is 0.124. The van der Waals surface area contributed by atoms with Crippen molar-refractivity contribution in [2.75, 3.05) is 32.8 Å². The molecular formula is C10H21NO. The van der Waals surface area contributed by atoms with Crippen LogP contribution in [0.1, 0.15) is 32.6 Å². The van der Waals surface area contributed by atoms with Crippen LogP contribution in [0.2, 0.25) is 0 Å². The number of likely N-dealkylation sites (tertiary alicyclic amines) is 1. The number of hydrogen-bond donors (Lipinski definition) is 0. The zero-order chi connectivity index (χ0) is 8.65. The van der Waals surface area contributed by atoms with Crippen LogP contribution in [0.5, 0.6) is 0 Å². The first kappa shape index (κ1) is 10.0. The van der Waals surface area contributed by atoms with Crippen LogP contribution >= 0.6 is 0 Å². The molecule has 72 valence electrons. The molecule has 2 heteroatoms. The molecule has 0 unspecified atom stereocenters. The van der Waals surface area contributed by atoms with E-state index in [0.29, 0.717) is 0 Å². The summed E-state index contributed by atoms with van der Waals surface area (Å²) in [5.41, 5.74) is 0. The van der Waals surface area contributed by atoms with Gasteiger partial charge in [0, 0.05) is 19.8 Å². The fraction of sp³-hybridized carbons (Fsp3) is 1.00. The van der Waals surface area contributed by atoms with Gasteiger partial charge < -0.3 is 9.64 Å². The molecule has 1 saturated heterocycles. The van der Waals surface area contributed by atoms with E-state index in [9.17, 15) is 0 Å². The van der Waals surface area contributed by atoms with Gasteiger partial charge in [0.25, 0.3) is 0 Å². The maximum Gasteiger partial charge on any atom is 0.0478 e. The second kappa shape index (κ2) is 6.44. The number of rotatable bonds is 6. The first-order chi connectivity index (χ1) is 5.93. The first-order valence-corrected chi connectivity index (χ1v) is 5.23. The molecule has 0 bridgehead atoms. The predicted octanol–water partition coefficient (Wildman–Crippen LogP) is 1.90. The summed E-state index contributed by atoms with van der Waals surface area (Å²) < 4.78 is 5.42. The van der Waals surface area contributed by atoms with Crippen LogP contribution in [0.15, 0.2) is 0 Å². The van der Waals surface area contributed by atoms with E-state index in [0.717, 1.165) is 19.6 Å². The Morgan fingerprint density at radius 2 is 1.92 bits per heavy atom. The lowest BCUT2D eigenvalue weighted by atomic mass is 10.4. The van der Waals surface area contributed by atoms with Gasteiger partial charge >= 0.3 is 0 Å². The molecule has 1 aliphatic heterocycles. The van der Waals surface area contributed by atoms with Crippen LogP contribution in [0.4, 0.5) is 0 Å². The van der Waals surface area contributed by atoms with Crippen molar-refractivity contribution in [1.82, 2.24) is 4.90 Å². The first-order valence-electron chi connectivity index (χ1n) is 5.23. The highest BCUT2D eigenvalue weighted by Gasteiger charge is 2.09. The second-order valence-electron chi connectivity index (χ2n) is 3.51. The minimum atomic E-state index is 0.931. The van der Waals surface area contributed by atoms with Gasteiger partial charge in [-0.3, -0.25) is 0 Å². The van der Waals surface area contributed by atoms with E-state index < -0.39 is 0 Å². The van der Waals surface area contributed by atoms with Crippen molar-refractivity contribution < 1.29 is 4.74 Å². The zero-order valence-corrected chi connectivity index (χ0v) is 8.22. The van der Waals surface area contributed by atoms with E-state index in [-0.39, 0.29) is 0 Å². The summed E-state index contributed by atoms with van der Waals surface area (Å²) in [5, 5.41) is 0. The summed E-state index contributed by atoms with van der Waals surface area (Å²) in [6, 6.07) is 0. The van der Waals surface area contributed by atoms with E-state index in [4.69, 9.17) is 4.74 Å². The van der Waals surface area contributed by atoms with Crippen LogP contribution in [0.3, 0.4) is 0 Å². The van der Waals surface area contributed by atoms with Crippen molar-refractivity contribution in [3.05, 3.63) is 0 Å². The molecule has 0 amide bonds. The Morgan fingerprint density at radius 3 is 2.58 bits per heavy atom. The Morgan fingerprint density at radius 1 is 1.17 bits per heavy atom. The van der Waals surface area contributed by atoms with E-state index in [1.165, 1.54) is 38.9 Å². The fourth-order valence-corrected chi connectivity index (χ4v) is 1.64. The van der Waals surface area contributed by atoms with Gasteiger partial charge in [0.15, 0.2) is 0 Å². The van der Waals surface area contributed by atoms with Gasteiger partial charge in [0.1, 0.15) is 0 Å². The zero-order valence-electron chi connectivity index (χ0n) is 8.22. The Labute approximate surface area is 75.9 Å². The van der Waals surface area contributed by atoms with E-state index in [1.807, 2.05) is 0 Å². The summed E-state index contributed by atoms with van der Waals surface area (Å²) in [7, 11) is 0. The normalized spacial score (nSPS) is 18.8. The fourth-order valence-electron chi connectivity index (χ4n) is 1.64. The predicted molar refractivity (Wildman–Crippen MR) is 51.4 cm³/mol. The maximum absolute atomic E-state index is 5.42. The van der Waals surface area contributed by atoms with Crippen molar-refractivity contribution in [1.29, 1.82) is 0 Å². The van der Waals surface area contributed by atoms with Gasteiger partial charge in [-0.25, -0.2) is 0 Å². The summed E-state index contributed by atoms with van der Waals surface area (Å²) in [5.74, 6) is 0. The van der Waals surface area contributed by atoms with Gasteiger partial charge in [0.2, 0.25) is 0 Å². The van der Waals surface area contributed by atoms with E-state index in [2.05, 4.69) is 11.8 Å². The molecule has 1 heterocycles. The standard InChI is InChI=1S/C10H21NO/c1-2-9-12-10-5-8-11-6-3-4-7-11/h2-10H2,1H3. The molecule has 0 aromatic rings. The van der Waals surface area contributed by atoms with E-state index in [1.54, 1.807) is 0 Å². The molecule has 0 N–H and O–H groups in total. The Hall–Kier alpha value is -0.0800. The third-order valence-corrected chi connectivity index (χ3v) is 2.31. The third kappa shape index (κ3) is 4.07. The Kier molecular flexibility index (Phi) is 5.37. The highest BCUT2D eigenvalue weighted by Crippen LogP contribution is 2.07. The number of nitrogens with zero attached hydrogens (tertiary/aromatic N) is 1. The van der Waals surface area contributed by atoms with Gasteiger partial charge in [0.05, 0.1) is 0 Å². The monoisotopic (exact) mass is 171 g/mol. The van der Waals surface area contributed by atoms with Crippen LogP contribution in [0, 0.1) is 0 Å². The molecule has 0 radical (unpaired) electrons. The summed E-state index contributed by atoms with van der Waals surface area (Å²) in [6.07, 6.45) is 5.15. The summed E-state index contributed by atoms with van der Waals surface area (Å²) in [6.45, 7) is 7.90. The van der Waals surface area contributed by atoms with Crippen molar-refractivity contribution in [2.45, 2.75) is 32.6 Å². The molecule has 0 aromatic heterocycles. The van der Waals surface area contributed by atoms with Crippen molar-refractivity contribution in [2.24, 2.45) is 0 Å². The maximum atomic E-state index is 5.42. The summed E-state index contributed by atoms with van der Waals surface area (Å²) in [4.78, 5) is 2.54. The van der Waals surface area contributed by atoms with Crippen molar-refractivity contribution in [3.8, 4) is 0 Å². The summed E-state index contributed by atoms with van der Waals surface area (Å²) >= 11 is 0. The molecular weight excluding hydrogens is 150 g/mol. The van der Waals surface area contributed by atoms with Gasteiger partial charge in [-0.2, -0.15) is 0 Å². The van der Waals surface area contributed by atoms with Crippen LogP contribution < -0.4 is 0 Å². The molecule has 1 aliphatic rings. The highest BCUT2D eigenvalue weighted by atomic mass is 16.5. The molecule has 0 saturated carbocycles. The number of hydrogen-bond acceptors (Lipinski definition) is 2. The minimum Gasteiger partial charge on any atom is -0.381 e. The average Bonchev–Trinajstić information content (AvgIpc) is 2.57. The SMILES string of the molecule is CCCOCCCN1CCCC1. The third-order valence-electron chi connectivity index (χ3n) is 2.31.